The van der Waals surface area contributed by atoms with Crippen molar-refractivity contribution in [3.05, 3.63) is 35.1 Å². The van der Waals surface area contributed by atoms with Gasteiger partial charge in [-0.3, -0.25) is 14.7 Å². The van der Waals surface area contributed by atoms with E-state index in [4.69, 9.17) is 5.26 Å². The Labute approximate surface area is 178 Å². The third kappa shape index (κ3) is 5.92. The SMILES string of the molecule is CN=C(NCc1cc(C#N)ccc1F)N1CCN(CC(=O)N2CCCCCC2)CC1. The van der Waals surface area contributed by atoms with Crippen LogP contribution in [0.1, 0.15) is 36.8 Å². The van der Waals surface area contributed by atoms with Gasteiger partial charge in [-0.2, -0.15) is 5.26 Å². The van der Waals surface area contributed by atoms with Crippen LogP contribution in [0.2, 0.25) is 0 Å². The van der Waals surface area contributed by atoms with Gasteiger partial charge in [-0.1, -0.05) is 12.8 Å². The largest absolute Gasteiger partial charge is 0.352 e. The molecule has 1 amide bonds. The lowest BCUT2D eigenvalue weighted by Gasteiger charge is -2.37. The number of nitriles is 1. The fraction of sp³-hybridized carbons (Fsp3) is 0.591. The lowest BCUT2D eigenvalue weighted by Crippen LogP contribution is -2.54. The van der Waals surface area contributed by atoms with Crippen molar-refractivity contribution in [2.75, 3.05) is 52.9 Å². The molecule has 3 rings (SSSR count). The van der Waals surface area contributed by atoms with Crippen molar-refractivity contribution >= 4 is 11.9 Å². The van der Waals surface area contributed by atoms with Crippen LogP contribution in [0, 0.1) is 17.1 Å². The number of aliphatic imine (C=N–C) groups is 1. The predicted octanol–water partition coefficient (Wildman–Crippen LogP) is 1.79. The van der Waals surface area contributed by atoms with Gasteiger partial charge in [0.05, 0.1) is 18.2 Å². The number of halogens is 1. The van der Waals surface area contributed by atoms with E-state index < -0.39 is 0 Å². The van der Waals surface area contributed by atoms with E-state index in [0.29, 0.717) is 23.6 Å². The summed E-state index contributed by atoms with van der Waals surface area (Å²) in [5.41, 5.74) is 0.878. The van der Waals surface area contributed by atoms with E-state index in [0.717, 1.165) is 52.1 Å². The number of amides is 1. The molecule has 1 N–H and O–H groups in total. The van der Waals surface area contributed by atoms with Gasteiger partial charge < -0.3 is 15.1 Å². The maximum absolute atomic E-state index is 14.0. The van der Waals surface area contributed by atoms with Crippen molar-refractivity contribution in [2.24, 2.45) is 4.99 Å². The predicted molar refractivity (Wildman–Crippen MR) is 114 cm³/mol. The van der Waals surface area contributed by atoms with Gasteiger partial charge in [0.1, 0.15) is 5.82 Å². The van der Waals surface area contributed by atoms with Crippen LogP contribution in [0.4, 0.5) is 4.39 Å². The van der Waals surface area contributed by atoms with Crippen LogP contribution in [0.5, 0.6) is 0 Å². The fourth-order valence-electron chi connectivity index (χ4n) is 4.02. The topological polar surface area (TPSA) is 75.0 Å². The summed E-state index contributed by atoms with van der Waals surface area (Å²) in [6.07, 6.45) is 4.66. The zero-order valence-electron chi connectivity index (χ0n) is 17.7. The van der Waals surface area contributed by atoms with Crippen LogP contribution < -0.4 is 5.32 Å². The molecular weight excluding hydrogens is 383 g/mol. The summed E-state index contributed by atoms with van der Waals surface area (Å²) < 4.78 is 14.0. The molecule has 7 nitrogen and oxygen atoms in total. The minimum atomic E-state index is -0.339. The Morgan fingerprint density at radius 2 is 1.80 bits per heavy atom. The van der Waals surface area contributed by atoms with Gasteiger partial charge in [0.25, 0.3) is 0 Å². The molecule has 1 aromatic carbocycles. The summed E-state index contributed by atoms with van der Waals surface area (Å²) in [5.74, 6) is 0.602. The lowest BCUT2D eigenvalue weighted by atomic mass is 10.1. The first-order valence-corrected chi connectivity index (χ1v) is 10.7. The average Bonchev–Trinajstić information content (AvgIpc) is 3.06. The Morgan fingerprint density at radius 1 is 1.10 bits per heavy atom. The zero-order chi connectivity index (χ0) is 21.3. The molecule has 2 aliphatic heterocycles. The van der Waals surface area contributed by atoms with E-state index in [1.165, 1.54) is 25.0 Å². The van der Waals surface area contributed by atoms with Gasteiger partial charge in [0, 0.05) is 58.4 Å². The number of nitrogens with one attached hydrogen (secondary N) is 1. The number of rotatable bonds is 4. The van der Waals surface area contributed by atoms with Gasteiger partial charge in [-0.25, -0.2) is 4.39 Å². The first kappa shape index (κ1) is 22.0. The number of piperazine rings is 1. The van der Waals surface area contributed by atoms with E-state index in [2.05, 4.69) is 20.1 Å². The Bertz CT molecular complexity index is 789. The number of carbonyl (C=O) groups is 1. The minimum Gasteiger partial charge on any atom is -0.352 e. The maximum atomic E-state index is 14.0. The summed E-state index contributed by atoms with van der Waals surface area (Å²) >= 11 is 0. The van der Waals surface area contributed by atoms with Gasteiger partial charge in [-0.15, -0.1) is 0 Å². The molecule has 162 valence electrons. The van der Waals surface area contributed by atoms with Crippen LogP contribution in [0.3, 0.4) is 0 Å². The van der Waals surface area contributed by atoms with Crippen molar-refractivity contribution in [3.8, 4) is 6.07 Å². The van der Waals surface area contributed by atoms with Crippen LogP contribution in [0.25, 0.3) is 0 Å². The average molecular weight is 415 g/mol. The third-order valence-corrected chi connectivity index (χ3v) is 5.81. The van der Waals surface area contributed by atoms with E-state index in [-0.39, 0.29) is 18.3 Å². The number of likely N-dealkylation sites (tertiary alicyclic amines) is 1. The molecule has 0 unspecified atom stereocenters. The number of hydrogen-bond acceptors (Lipinski definition) is 4. The lowest BCUT2D eigenvalue weighted by molar-refractivity contribution is -0.132. The molecule has 0 bridgehead atoms. The summed E-state index contributed by atoms with van der Waals surface area (Å²) in [5, 5.41) is 12.2. The van der Waals surface area contributed by atoms with Crippen molar-refractivity contribution in [1.82, 2.24) is 20.0 Å². The number of benzene rings is 1. The number of hydrogen-bond donors (Lipinski definition) is 1. The molecule has 2 aliphatic rings. The Kier molecular flexibility index (Phi) is 8.03. The second-order valence-electron chi connectivity index (χ2n) is 7.88. The Balaban J connectivity index is 1.47. The van der Waals surface area contributed by atoms with Crippen LogP contribution in [0.15, 0.2) is 23.2 Å². The highest BCUT2D eigenvalue weighted by Gasteiger charge is 2.23. The van der Waals surface area contributed by atoms with Crippen LogP contribution in [-0.4, -0.2) is 79.4 Å². The molecule has 30 heavy (non-hydrogen) atoms. The summed E-state index contributed by atoms with van der Waals surface area (Å²) in [6.45, 7) is 5.62. The minimum absolute atomic E-state index is 0.237. The van der Waals surface area contributed by atoms with Crippen molar-refractivity contribution < 1.29 is 9.18 Å². The number of carbonyl (C=O) groups excluding carboxylic acids is 1. The molecule has 2 saturated heterocycles. The van der Waals surface area contributed by atoms with Crippen molar-refractivity contribution in [2.45, 2.75) is 32.2 Å². The molecule has 2 fully saturated rings. The molecule has 0 atom stereocenters. The third-order valence-electron chi connectivity index (χ3n) is 5.81. The summed E-state index contributed by atoms with van der Waals surface area (Å²) in [4.78, 5) is 23.3. The molecule has 1 aromatic rings. The highest BCUT2D eigenvalue weighted by atomic mass is 19.1. The Hall–Kier alpha value is -2.66. The monoisotopic (exact) mass is 414 g/mol. The van der Waals surface area contributed by atoms with Gasteiger partial charge >= 0.3 is 0 Å². The molecule has 0 aromatic heterocycles. The van der Waals surface area contributed by atoms with E-state index >= 15 is 0 Å². The van der Waals surface area contributed by atoms with E-state index in [9.17, 15) is 9.18 Å². The first-order valence-electron chi connectivity index (χ1n) is 10.7. The molecule has 0 saturated carbocycles. The smallest absolute Gasteiger partial charge is 0.236 e. The first-order chi connectivity index (χ1) is 14.6. The second-order valence-corrected chi connectivity index (χ2v) is 7.88. The fourth-order valence-corrected chi connectivity index (χ4v) is 4.02. The summed E-state index contributed by atoms with van der Waals surface area (Å²) in [6, 6.07) is 6.38. The number of guanidine groups is 1. The van der Waals surface area contributed by atoms with Crippen molar-refractivity contribution in [1.29, 1.82) is 5.26 Å². The molecule has 0 radical (unpaired) electrons. The molecule has 0 aliphatic carbocycles. The Morgan fingerprint density at radius 3 is 2.43 bits per heavy atom. The molecule has 2 heterocycles. The normalized spacial score (nSPS) is 18.6. The van der Waals surface area contributed by atoms with Gasteiger partial charge in [0.15, 0.2) is 5.96 Å². The molecule has 0 spiro atoms. The van der Waals surface area contributed by atoms with E-state index in [1.807, 2.05) is 11.0 Å². The van der Waals surface area contributed by atoms with Gasteiger partial charge in [-0.05, 0) is 31.0 Å². The van der Waals surface area contributed by atoms with Crippen molar-refractivity contribution in [3.63, 3.8) is 0 Å². The van der Waals surface area contributed by atoms with Crippen LogP contribution >= 0.6 is 0 Å². The standard InChI is InChI=1S/C22H31FN6O/c1-25-22(26-16-19-14-18(15-24)6-7-20(19)23)29-12-10-27(11-13-29)17-21(30)28-8-4-2-3-5-9-28/h6-7,14H,2-5,8-13,16-17H2,1H3,(H,25,26). The van der Waals surface area contributed by atoms with Crippen LogP contribution in [-0.2, 0) is 11.3 Å². The molecular formula is C22H31FN6O. The van der Waals surface area contributed by atoms with E-state index in [1.54, 1.807) is 13.1 Å². The number of nitrogens with zero attached hydrogens (tertiary/aromatic N) is 5. The quantitative estimate of drug-likeness (QED) is 0.601. The second kappa shape index (κ2) is 10.9. The zero-order valence-corrected chi connectivity index (χ0v) is 17.7. The molecule has 8 heteroatoms. The maximum Gasteiger partial charge on any atom is 0.236 e. The highest BCUT2D eigenvalue weighted by Crippen LogP contribution is 2.12. The van der Waals surface area contributed by atoms with Gasteiger partial charge in [0.2, 0.25) is 5.91 Å². The highest BCUT2D eigenvalue weighted by molar-refractivity contribution is 5.80. The summed E-state index contributed by atoms with van der Waals surface area (Å²) in [7, 11) is 1.71.